The van der Waals surface area contributed by atoms with Crippen LogP contribution >= 0.6 is 0 Å². The van der Waals surface area contributed by atoms with Gasteiger partial charge in [-0.3, -0.25) is 14.8 Å². The van der Waals surface area contributed by atoms with Gasteiger partial charge in [-0.05, 0) is 30.5 Å². The number of aliphatic hydroxyl groups is 1. The van der Waals surface area contributed by atoms with Gasteiger partial charge in [-0.15, -0.1) is 0 Å². The number of hydrogen-bond acceptors (Lipinski definition) is 5. The molecule has 142 valence electrons. The Bertz CT molecular complexity index is 944. The molecule has 0 saturated carbocycles. The molecule has 6 nitrogen and oxygen atoms in total. The number of likely N-dealkylation sites (tertiary alicyclic amines) is 1. The second-order valence-corrected chi connectivity index (χ2v) is 7.02. The summed E-state index contributed by atoms with van der Waals surface area (Å²) in [6.45, 7) is 1.41. The van der Waals surface area contributed by atoms with Crippen LogP contribution in [0.4, 0.5) is 0 Å². The van der Waals surface area contributed by atoms with Crippen LogP contribution in [0, 0.1) is 0 Å². The van der Waals surface area contributed by atoms with Crippen LogP contribution in [-0.4, -0.2) is 44.0 Å². The second-order valence-electron chi connectivity index (χ2n) is 7.02. The number of amides is 1. The average Bonchev–Trinajstić information content (AvgIpc) is 2.79. The zero-order chi connectivity index (χ0) is 19.3. The van der Waals surface area contributed by atoms with Gasteiger partial charge in [0, 0.05) is 43.2 Å². The first-order valence-electron chi connectivity index (χ1n) is 9.46. The minimum Gasteiger partial charge on any atom is -0.392 e. The van der Waals surface area contributed by atoms with Crippen molar-refractivity contribution < 1.29 is 9.90 Å². The van der Waals surface area contributed by atoms with Gasteiger partial charge in [0.25, 0.3) is 5.91 Å². The Balaban J connectivity index is 1.53. The average molecular weight is 374 g/mol. The monoisotopic (exact) mass is 374 g/mol. The third-order valence-electron chi connectivity index (χ3n) is 5.12. The number of aliphatic hydroxyl groups excluding tert-OH is 1. The van der Waals surface area contributed by atoms with Crippen LogP contribution in [0.1, 0.15) is 40.4 Å². The first-order valence-corrected chi connectivity index (χ1v) is 9.46. The van der Waals surface area contributed by atoms with E-state index in [1.54, 1.807) is 36.9 Å². The van der Waals surface area contributed by atoms with E-state index in [1.165, 1.54) is 0 Å². The summed E-state index contributed by atoms with van der Waals surface area (Å²) >= 11 is 0. The van der Waals surface area contributed by atoms with Gasteiger partial charge in [-0.2, -0.15) is 0 Å². The number of carbonyl (C=O) groups excluding carboxylic acids is 1. The van der Waals surface area contributed by atoms with Crippen molar-refractivity contribution in [1.82, 2.24) is 19.9 Å². The lowest BCUT2D eigenvalue weighted by Gasteiger charge is -2.32. The molecule has 0 aliphatic carbocycles. The topological polar surface area (TPSA) is 79.2 Å². The Hall–Kier alpha value is -3.12. The maximum absolute atomic E-state index is 12.8. The molecule has 0 bridgehead atoms. The van der Waals surface area contributed by atoms with Gasteiger partial charge >= 0.3 is 0 Å². The lowest BCUT2D eigenvalue weighted by molar-refractivity contribution is 0.0705. The van der Waals surface area contributed by atoms with Crippen molar-refractivity contribution in [2.75, 3.05) is 13.1 Å². The third kappa shape index (κ3) is 3.92. The maximum atomic E-state index is 12.8. The van der Waals surface area contributed by atoms with Crippen molar-refractivity contribution in [2.45, 2.75) is 25.4 Å². The van der Waals surface area contributed by atoms with Crippen molar-refractivity contribution in [3.63, 3.8) is 0 Å². The molecular weight excluding hydrogens is 352 g/mol. The summed E-state index contributed by atoms with van der Waals surface area (Å²) in [5, 5.41) is 9.20. The van der Waals surface area contributed by atoms with Gasteiger partial charge in [0.1, 0.15) is 0 Å². The smallest absolute Gasteiger partial charge is 0.255 e. The highest BCUT2D eigenvalue weighted by Gasteiger charge is 2.26. The summed E-state index contributed by atoms with van der Waals surface area (Å²) in [5.74, 6) is 0.181. The summed E-state index contributed by atoms with van der Waals surface area (Å²) in [6, 6.07) is 11.2. The zero-order valence-corrected chi connectivity index (χ0v) is 15.5. The number of carbonyl (C=O) groups is 1. The number of rotatable bonds is 4. The Morgan fingerprint density at radius 2 is 1.96 bits per heavy atom. The predicted molar refractivity (Wildman–Crippen MR) is 106 cm³/mol. The van der Waals surface area contributed by atoms with Crippen LogP contribution in [0.15, 0.2) is 61.2 Å². The molecule has 1 saturated heterocycles. The number of piperidine rings is 1. The minimum absolute atomic E-state index is 0.0153. The highest BCUT2D eigenvalue weighted by Crippen LogP contribution is 2.28. The highest BCUT2D eigenvalue weighted by molar-refractivity contribution is 5.94. The predicted octanol–water partition coefficient (Wildman–Crippen LogP) is 3.05. The summed E-state index contributed by atoms with van der Waals surface area (Å²) in [7, 11) is 0. The Kier molecular flexibility index (Phi) is 5.39. The van der Waals surface area contributed by atoms with Crippen LogP contribution in [0.2, 0.25) is 0 Å². The van der Waals surface area contributed by atoms with Crippen LogP contribution in [0.3, 0.4) is 0 Å². The fraction of sp³-hybridized carbons (Fsp3) is 0.273. The fourth-order valence-corrected chi connectivity index (χ4v) is 3.57. The van der Waals surface area contributed by atoms with Gasteiger partial charge in [0.05, 0.1) is 29.8 Å². The van der Waals surface area contributed by atoms with Crippen LogP contribution in [-0.2, 0) is 6.61 Å². The SMILES string of the molecule is O=C(c1cccnc1)N1CCC[C@H](c2cncc(-c3ccc(CO)cc3)n2)C1. The lowest BCUT2D eigenvalue weighted by atomic mass is 9.94. The largest absolute Gasteiger partial charge is 0.392 e. The molecule has 1 amide bonds. The number of benzene rings is 1. The van der Waals surface area contributed by atoms with Crippen molar-refractivity contribution >= 4 is 5.91 Å². The summed E-state index contributed by atoms with van der Waals surface area (Å²) < 4.78 is 0. The summed E-state index contributed by atoms with van der Waals surface area (Å²) in [4.78, 5) is 27.9. The molecule has 6 heteroatoms. The Labute approximate surface area is 163 Å². The summed E-state index contributed by atoms with van der Waals surface area (Å²) in [6.07, 6.45) is 8.76. The van der Waals surface area contributed by atoms with Crippen LogP contribution in [0.25, 0.3) is 11.3 Å². The number of nitrogens with zero attached hydrogens (tertiary/aromatic N) is 4. The van der Waals surface area contributed by atoms with E-state index in [9.17, 15) is 9.90 Å². The van der Waals surface area contributed by atoms with E-state index in [4.69, 9.17) is 4.98 Å². The minimum atomic E-state index is 0.0153. The van der Waals surface area contributed by atoms with E-state index in [1.807, 2.05) is 29.2 Å². The molecule has 1 atom stereocenters. The quantitative estimate of drug-likeness (QED) is 0.759. The van der Waals surface area contributed by atoms with E-state index in [0.717, 1.165) is 41.9 Å². The van der Waals surface area contributed by atoms with Crippen molar-refractivity contribution in [1.29, 1.82) is 0 Å². The molecule has 3 heterocycles. The van der Waals surface area contributed by atoms with E-state index >= 15 is 0 Å². The van der Waals surface area contributed by atoms with Gasteiger partial charge in [0.15, 0.2) is 0 Å². The molecule has 1 N–H and O–H groups in total. The molecule has 0 unspecified atom stereocenters. The molecule has 4 rings (SSSR count). The maximum Gasteiger partial charge on any atom is 0.255 e. The molecule has 3 aromatic rings. The van der Waals surface area contributed by atoms with E-state index < -0.39 is 0 Å². The standard InChI is InChI=1S/C22H22N4O2/c27-15-16-5-7-17(8-6-16)20-12-24-13-21(25-20)19-4-2-10-26(14-19)22(28)18-3-1-9-23-11-18/h1,3,5-9,11-13,19,27H,2,4,10,14-15H2/t19-/m0/s1. The van der Waals surface area contributed by atoms with Gasteiger partial charge < -0.3 is 10.0 Å². The fourth-order valence-electron chi connectivity index (χ4n) is 3.57. The van der Waals surface area contributed by atoms with Gasteiger partial charge in [0.2, 0.25) is 0 Å². The van der Waals surface area contributed by atoms with E-state index in [0.29, 0.717) is 12.1 Å². The van der Waals surface area contributed by atoms with Gasteiger partial charge in [-0.25, -0.2) is 4.98 Å². The highest BCUT2D eigenvalue weighted by atomic mass is 16.3. The molecule has 0 radical (unpaired) electrons. The number of aromatic nitrogens is 3. The van der Waals surface area contributed by atoms with Crippen LogP contribution < -0.4 is 0 Å². The molecule has 2 aromatic heterocycles. The molecule has 1 aromatic carbocycles. The van der Waals surface area contributed by atoms with Crippen molar-refractivity contribution in [3.05, 3.63) is 78.0 Å². The summed E-state index contributed by atoms with van der Waals surface area (Å²) in [5.41, 5.74) is 4.16. The molecule has 1 fully saturated rings. The zero-order valence-electron chi connectivity index (χ0n) is 15.5. The third-order valence-corrected chi connectivity index (χ3v) is 5.12. The van der Waals surface area contributed by atoms with Crippen molar-refractivity contribution in [3.8, 4) is 11.3 Å². The van der Waals surface area contributed by atoms with Crippen LogP contribution in [0.5, 0.6) is 0 Å². The Morgan fingerprint density at radius 1 is 1.11 bits per heavy atom. The van der Waals surface area contributed by atoms with Gasteiger partial charge in [-0.1, -0.05) is 24.3 Å². The van der Waals surface area contributed by atoms with Crippen molar-refractivity contribution in [2.24, 2.45) is 0 Å². The molecule has 0 spiro atoms. The first-order chi connectivity index (χ1) is 13.7. The molecule has 1 aliphatic rings. The lowest BCUT2D eigenvalue weighted by Crippen LogP contribution is -2.39. The second kappa shape index (κ2) is 8.27. The molecule has 1 aliphatic heterocycles. The molecular formula is C22H22N4O2. The normalized spacial score (nSPS) is 16.8. The number of hydrogen-bond donors (Lipinski definition) is 1. The van der Waals surface area contributed by atoms with E-state index in [2.05, 4.69) is 9.97 Å². The molecule has 28 heavy (non-hydrogen) atoms. The van der Waals surface area contributed by atoms with E-state index in [-0.39, 0.29) is 18.4 Å². The number of pyridine rings is 1. The first kappa shape index (κ1) is 18.3. The Morgan fingerprint density at radius 3 is 2.71 bits per heavy atom.